The van der Waals surface area contributed by atoms with Crippen LogP contribution in [0, 0.1) is 16.2 Å². The van der Waals surface area contributed by atoms with E-state index >= 15 is 0 Å². The van der Waals surface area contributed by atoms with Crippen molar-refractivity contribution in [3.05, 3.63) is 0 Å². The third-order valence-corrected chi connectivity index (χ3v) is 3.72. The molecule has 0 aromatic heterocycles. The topological polar surface area (TPSA) is 0 Å². The third kappa shape index (κ3) is 4.89. The maximum absolute atomic E-state index is 2.41. The van der Waals surface area contributed by atoms with Crippen LogP contribution in [0.25, 0.3) is 0 Å². The van der Waals surface area contributed by atoms with Gasteiger partial charge in [-0.05, 0) is 41.9 Å². The SMILES string of the molecule is CC(C)(C)CC1(CC(C)(C)C)CCCCC1. The lowest BCUT2D eigenvalue weighted by atomic mass is 9.60. The molecule has 0 aliphatic heterocycles. The van der Waals surface area contributed by atoms with Gasteiger partial charge in [0.25, 0.3) is 0 Å². The lowest BCUT2D eigenvalue weighted by Gasteiger charge is -2.45. The molecular formula is C16H32. The minimum Gasteiger partial charge on any atom is -0.0602 e. The van der Waals surface area contributed by atoms with Crippen LogP contribution in [-0.2, 0) is 0 Å². The van der Waals surface area contributed by atoms with Gasteiger partial charge in [0, 0.05) is 0 Å². The van der Waals surface area contributed by atoms with Gasteiger partial charge in [-0.2, -0.15) is 0 Å². The Hall–Kier alpha value is 0. The van der Waals surface area contributed by atoms with Gasteiger partial charge < -0.3 is 0 Å². The molecule has 0 bridgehead atoms. The van der Waals surface area contributed by atoms with Crippen LogP contribution in [0.2, 0.25) is 0 Å². The van der Waals surface area contributed by atoms with Crippen LogP contribution in [0.4, 0.5) is 0 Å². The van der Waals surface area contributed by atoms with Crippen LogP contribution < -0.4 is 0 Å². The molecule has 0 nitrogen and oxygen atoms in total. The van der Waals surface area contributed by atoms with Gasteiger partial charge in [0.15, 0.2) is 0 Å². The zero-order chi connectivity index (χ0) is 12.4. The fourth-order valence-corrected chi connectivity index (χ4v) is 3.97. The first-order chi connectivity index (χ1) is 7.12. The molecule has 1 aliphatic rings. The Morgan fingerprint density at radius 1 is 0.688 bits per heavy atom. The molecule has 16 heavy (non-hydrogen) atoms. The summed E-state index contributed by atoms with van der Waals surface area (Å²) >= 11 is 0. The summed E-state index contributed by atoms with van der Waals surface area (Å²) in [6.07, 6.45) is 10.2. The first-order valence-electron chi connectivity index (χ1n) is 7.12. The molecule has 0 saturated heterocycles. The van der Waals surface area contributed by atoms with Crippen molar-refractivity contribution < 1.29 is 0 Å². The average molecular weight is 224 g/mol. The normalized spacial score (nSPS) is 22.1. The van der Waals surface area contributed by atoms with E-state index in [1.807, 2.05) is 0 Å². The number of hydrogen-bond donors (Lipinski definition) is 0. The summed E-state index contributed by atoms with van der Waals surface area (Å²) in [5.74, 6) is 0. The van der Waals surface area contributed by atoms with E-state index in [2.05, 4.69) is 41.5 Å². The Morgan fingerprint density at radius 3 is 1.38 bits per heavy atom. The standard InChI is InChI=1S/C16H32/c1-14(2,3)12-16(13-15(4,5)6)10-8-7-9-11-16/h7-13H2,1-6H3. The zero-order valence-electron chi connectivity index (χ0n) is 12.4. The monoisotopic (exact) mass is 224 g/mol. The molecule has 0 heteroatoms. The molecule has 0 radical (unpaired) electrons. The first kappa shape index (κ1) is 14.1. The highest BCUT2D eigenvalue weighted by Gasteiger charge is 2.38. The summed E-state index contributed by atoms with van der Waals surface area (Å²) in [7, 11) is 0. The zero-order valence-corrected chi connectivity index (χ0v) is 12.4. The molecule has 1 aliphatic carbocycles. The van der Waals surface area contributed by atoms with Crippen LogP contribution >= 0.6 is 0 Å². The van der Waals surface area contributed by atoms with Gasteiger partial charge in [-0.15, -0.1) is 0 Å². The van der Waals surface area contributed by atoms with Gasteiger partial charge >= 0.3 is 0 Å². The largest absolute Gasteiger partial charge is 0.0602 e. The molecule has 0 aromatic carbocycles. The summed E-state index contributed by atoms with van der Waals surface area (Å²) in [6.45, 7) is 14.5. The van der Waals surface area contributed by atoms with Crippen molar-refractivity contribution in [2.24, 2.45) is 16.2 Å². The molecule has 1 fully saturated rings. The Morgan fingerprint density at radius 2 is 1.06 bits per heavy atom. The highest BCUT2D eigenvalue weighted by Crippen LogP contribution is 2.50. The van der Waals surface area contributed by atoms with E-state index < -0.39 is 0 Å². The lowest BCUT2D eigenvalue weighted by molar-refractivity contribution is 0.0630. The van der Waals surface area contributed by atoms with Crippen molar-refractivity contribution >= 4 is 0 Å². The molecule has 0 spiro atoms. The fraction of sp³-hybridized carbons (Fsp3) is 1.00. The van der Waals surface area contributed by atoms with Gasteiger partial charge in [-0.1, -0.05) is 60.8 Å². The molecule has 0 heterocycles. The summed E-state index contributed by atoms with van der Waals surface area (Å²) < 4.78 is 0. The minimum atomic E-state index is 0.489. The minimum absolute atomic E-state index is 0.489. The van der Waals surface area contributed by atoms with E-state index in [9.17, 15) is 0 Å². The van der Waals surface area contributed by atoms with E-state index in [1.54, 1.807) is 0 Å². The molecule has 0 unspecified atom stereocenters. The van der Waals surface area contributed by atoms with Crippen molar-refractivity contribution in [2.75, 3.05) is 0 Å². The predicted molar refractivity (Wildman–Crippen MR) is 73.7 cm³/mol. The molecular weight excluding hydrogens is 192 g/mol. The summed E-state index contributed by atoms with van der Waals surface area (Å²) in [5.41, 5.74) is 1.62. The van der Waals surface area contributed by atoms with E-state index in [0.29, 0.717) is 16.2 Å². The maximum Gasteiger partial charge on any atom is -0.0288 e. The Bertz CT molecular complexity index is 187. The van der Waals surface area contributed by atoms with Crippen LogP contribution in [0.15, 0.2) is 0 Å². The van der Waals surface area contributed by atoms with Crippen molar-refractivity contribution in [1.82, 2.24) is 0 Å². The second-order valence-electron chi connectivity index (χ2n) is 8.54. The molecule has 0 atom stereocenters. The second kappa shape index (κ2) is 4.70. The van der Waals surface area contributed by atoms with Crippen molar-refractivity contribution in [1.29, 1.82) is 0 Å². The van der Waals surface area contributed by atoms with Crippen molar-refractivity contribution in [3.8, 4) is 0 Å². The number of rotatable bonds is 2. The van der Waals surface area contributed by atoms with Crippen LogP contribution in [0.1, 0.15) is 86.5 Å². The van der Waals surface area contributed by atoms with Gasteiger partial charge in [0.1, 0.15) is 0 Å². The van der Waals surface area contributed by atoms with Gasteiger partial charge in [-0.3, -0.25) is 0 Å². The van der Waals surface area contributed by atoms with Crippen LogP contribution in [0.5, 0.6) is 0 Å². The molecule has 1 rings (SSSR count). The van der Waals surface area contributed by atoms with E-state index in [0.717, 1.165) is 0 Å². The lowest BCUT2D eigenvalue weighted by Crippen LogP contribution is -2.33. The molecule has 0 amide bonds. The van der Waals surface area contributed by atoms with Gasteiger partial charge in [0.2, 0.25) is 0 Å². The highest BCUT2D eigenvalue weighted by atomic mass is 14.4. The van der Waals surface area contributed by atoms with Gasteiger partial charge in [0.05, 0.1) is 0 Å². The molecule has 1 saturated carbocycles. The van der Waals surface area contributed by atoms with E-state index in [1.165, 1.54) is 44.9 Å². The summed E-state index contributed by atoms with van der Waals surface area (Å²) in [5, 5.41) is 0. The first-order valence-corrected chi connectivity index (χ1v) is 7.12. The van der Waals surface area contributed by atoms with Crippen molar-refractivity contribution in [3.63, 3.8) is 0 Å². The molecule has 0 aromatic rings. The molecule has 96 valence electrons. The second-order valence-corrected chi connectivity index (χ2v) is 8.54. The Labute approximate surface area is 103 Å². The van der Waals surface area contributed by atoms with E-state index in [4.69, 9.17) is 0 Å². The van der Waals surface area contributed by atoms with E-state index in [-0.39, 0.29) is 0 Å². The Balaban J connectivity index is 2.75. The smallest absolute Gasteiger partial charge is 0.0288 e. The number of hydrogen-bond acceptors (Lipinski definition) is 0. The predicted octanol–water partition coefficient (Wildman–Crippen LogP) is 5.81. The Kier molecular flexibility index (Phi) is 4.13. The fourth-order valence-electron chi connectivity index (χ4n) is 3.97. The van der Waals surface area contributed by atoms with Gasteiger partial charge in [-0.25, -0.2) is 0 Å². The quantitative estimate of drug-likeness (QED) is 0.555. The van der Waals surface area contributed by atoms with Crippen LogP contribution in [0.3, 0.4) is 0 Å². The average Bonchev–Trinajstić information content (AvgIpc) is 1.97. The third-order valence-electron chi connectivity index (χ3n) is 3.72. The summed E-state index contributed by atoms with van der Waals surface area (Å²) in [4.78, 5) is 0. The van der Waals surface area contributed by atoms with Crippen LogP contribution in [-0.4, -0.2) is 0 Å². The maximum atomic E-state index is 2.41. The summed E-state index contributed by atoms with van der Waals surface area (Å²) in [6, 6.07) is 0. The van der Waals surface area contributed by atoms with Crippen molar-refractivity contribution in [2.45, 2.75) is 86.5 Å². The highest BCUT2D eigenvalue weighted by molar-refractivity contribution is 4.89. The molecule has 0 N–H and O–H groups in total.